The third-order valence-electron chi connectivity index (χ3n) is 5.17. The SMILES string of the molecule is COc1cc(OC)cc(C(=O)Nc2ccc(Nc3cc(C)nc(N4CCOCC4)n3)cc2)c1. The van der Waals surface area contributed by atoms with Crippen LogP contribution in [0.25, 0.3) is 0 Å². The van der Waals surface area contributed by atoms with Gasteiger partial charge in [-0.05, 0) is 43.3 Å². The Hall–Kier alpha value is -3.85. The van der Waals surface area contributed by atoms with Crippen LogP contribution in [-0.2, 0) is 4.74 Å². The Morgan fingerprint density at radius 2 is 1.58 bits per heavy atom. The predicted octanol–water partition coefficient (Wildman–Crippen LogP) is 3.63. The molecule has 0 radical (unpaired) electrons. The highest BCUT2D eigenvalue weighted by atomic mass is 16.5. The van der Waals surface area contributed by atoms with Gasteiger partial charge in [-0.3, -0.25) is 4.79 Å². The largest absolute Gasteiger partial charge is 0.497 e. The van der Waals surface area contributed by atoms with Crippen molar-refractivity contribution in [1.82, 2.24) is 9.97 Å². The van der Waals surface area contributed by atoms with Crippen LogP contribution in [0.3, 0.4) is 0 Å². The summed E-state index contributed by atoms with van der Waals surface area (Å²) in [7, 11) is 3.09. The minimum atomic E-state index is -0.255. The van der Waals surface area contributed by atoms with Crippen LogP contribution in [0.1, 0.15) is 16.1 Å². The molecule has 1 aliphatic heterocycles. The van der Waals surface area contributed by atoms with E-state index in [1.807, 2.05) is 37.3 Å². The van der Waals surface area contributed by atoms with Crippen LogP contribution in [0.15, 0.2) is 48.5 Å². The molecule has 0 atom stereocenters. The quantitative estimate of drug-likeness (QED) is 0.564. The topological polar surface area (TPSA) is 97.8 Å². The number of nitrogens with zero attached hydrogens (tertiary/aromatic N) is 3. The predicted molar refractivity (Wildman–Crippen MR) is 127 cm³/mol. The molecule has 1 aliphatic rings. The maximum Gasteiger partial charge on any atom is 0.255 e. The van der Waals surface area contributed by atoms with E-state index in [-0.39, 0.29) is 5.91 Å². The summed E-state index contributed by atoms with van der Waals surface area (Å²) < 4.78 is 15.9. The van der Waals surface area contributed by atoms with E-state index in [2.05, 4.69) is 25.5 Å². The van der Waals surface area contributed by atoms with Gasteiger partial charge in [0, 0.05) is 47.9 Å². The number of carbonyl (C=O) groups is 1. The molecule has 9 heteroatoms. The summed E-state index contributed by atoms with van der Waals surface area (Å²) in [6.45, 7) is 4.85. The number of amides is 1. The number of ether oxygens (including phenoxy) is 3. The standard InChI is InChI=1S/C24H27N5O4/c1-16-12-22(28-24(25-16)29-8-10-33-11-9-29)26-18-4-6-19(7-5-18)27-23(30)17-13-20(31-2)15-21(14-17)32-3/h4-7,12-15H,8-11H2,1-3H3,(H,27,30)(H,25,26,28). The molecule has 0 saturated carbocycles. The lowest BCUT2D eigenvalue weighted by atomic mass is 10.1. The molecule has 2 aromatic carbocycles. The van der Waals surface area contributed by atoms with Gasteiger partial charge in [-0.1, -0.05) is 0 Å². The number of hydrogen-bond acceptors (Lipinski definition) is 8. The molecule has 2 heterocycles. The molecule has 0 bridgehead atoms. The Kier molecular flexibility index (Phi) is 6.89. The van der Waals surface area contributed by atoms with Gasteiger partial charge in [0.2, 0.25) is 5.95 Å². The van der Waals surface area contributed by atoms with E-state index in [4.69, 9.17) is 14.2 Å². The van der Waals surface area contributed by atoms with Crippen LogP contribution in [0.2, 0.25) is 0 Å². The lowest BCUT2D eigenvalue weighted by Crippen LogP contribution is -2.37. The van der Waals surface area contributed by atoms with Gasteiger partial charge in [-0.25, -0.2) is 4.98 Å². The highest BCUT2D eigenvalue weighted by molar-refractivity contribution is 6.04. The van der Waals surface area contributed by atoms with Crippen LogP contribution in [0.5, 0.6) is 11.5 Å². The Bertz CT molecular complexity index is 1090. The summed E-state index contributed by atoms with van der Waals surface area (Å²) in [5.41, 5.74) is 2.84. The summed E-state index contributed by atoms with van der Waals surface area (Å²) in [4.78, 5) is 24.0. The van der Waals surface area contributed by atoms with Crippen molar-refractivity contribution in [2.45, 2.75) is 6.92 Å². The number of benzene rings is 2. The highest BCUT2D eigenvalue weighted by Gasteiger charge is 2.15. The molecule has 1 saturated heterocycles. The summed E-state index contributed by atoms with van der Waals surface area (Å²) in [5.74, 6) is 2.25. The minimum Gasteiger partial charge on any atom is -0.497 e. The van der Waals surface area contributed by atoms with E-state index in [0.717, 1.165) is 24.5 Å². The van der Waals surface area contributed by atoms with Crippen LogP contribution in [0, 0.1) is 6.92 Å². The fourth-order valence-corrected chi connectivity index (χ4v) is 3.45. The maximum atomic E-state index is 12.7. The number of hydrogen-bond donors (Lipinski definition) is 2. The van der Waals surface area contributed by atoms with Gasteiger partial charge in [0.1, 0.15) is 17.3 Å². The van der Waals surface area contributed by atoms with Crippen LogP contribution in [0.4, 0.5) is 23.1 Å². The second-order valence-electron chi connectivity index (χ2n) is 7.55. The van der Waals surface area contributed by atoms with Gasteiger partial charge in [0.15, 0.2) is 0 Å². The normalized spacial score (nSPS) is 13.4. The average molecular weight is 450 g/mol. The van der Waals surface area contributed by atoms with E-state index >= 15 is 0 Å². The van der Waals surface area contributed by atoms with Crippen molar-refractivity contribution in [3.05, 3.63) is 59.8 Å². The van der Waals surface area contributed by atoms with Crippen molar-refractivity contribution in [2.24, 2.45) is 0 Å². The van der Waals surface area contributed by atoms with E-state index < -0.39 is 0 Å². The summed E-state index contributed by atoms with van der Waals surface area (Å²) in [6.07, 6.45) is 0. The van der Waals surface area contributed by atoms with Crippen LogP contribution >= 0.6 is 0 Å². The molecule has 172 valence electrons. The molecule has 0 unspecified atom stereocenters. The number of methoxy groups -OCH3 is 2. The van der Waals surface area contributed by atoms with Crippen molar-refractivity contribution >= 4 is 29.0 Å². The molecule has 2 N–H and O–H groups in total. The molecular weight excluding hydrogens is 422 g/mol. The van der Waals surface area contributed by atoms with Crippen molar-refractivity contribution < 1.29 is 19.0 Å². The number of carbonyl (C=O) groups excluding carboxylic acids is 1. The first kappa shape index (κ1) is 22.3. The fourth-order valence-electron chi connectivity index (χ4n) is 3.45. The smallest absolute Gasteiger partial charge is 0.255 e. The third-order valence-corrected chi connectivity index (χ3v) is 5.17. The second kappa shape index (κ2) is 10.2. The van der Waals surface area contributed by atoms with Gasteiger partial charge < -0.3 is 29.7 Å². The van der Waals surface area contributed by atoms with Gasteiger partial charge in [0.05, 0.1) is 27.4 Å². The molecule has 9 nitrogen and oxygen atoms in total. The number of nitrogens with one attached hydrogen (secondary N) is 2. The molecule has 3 aromatic rings. The van der Waals surface area contributed by atoms with Gasteiger partial charge in [-0.2, -0.15) is 4.98 Å². The van der Waals surface area contributed by atoms with Crippen molar-refractivity contribution in [3.63, 3.8) is 0 Å². The Balaban J connectivity index is 1.44. The Morgan fingerprint density at radius 1 is 0.939 bits per heavy atom. The first-order chi connectivity index (χ1) is 16.0. The van der Waals surface area contributed by atoms with Crippen molar-refractivity contribution in [1.29, 1.82) is 0 Å². The van der Waals surface area contributed by atoms with E-state index in [0.29, 0.717) is 47.7 Å². The zero-order chi connectivity index (χ0) is 23.2. The van der Waals surface area contributed by atoms with Crippen molar-refractivity contribution in [2.75, 3.05) is 56.1 Å². The van der Waals surface area contributed by atoms with Gasteiger partial charge in [0.25, 0.3) is 5.91 Å². The summed E-state index contributed by atoms with van der Waals surface area (Å²) in [5, 5.41) is 6.20. The molecule has 1 amide bonds. The fraction of sp³-hybridized carbons (Fsp3) is 0.292. The lowest BCUT2D eigenvalue weighted by molar-refractivity contribution is 0.102. The third kappa shape index (κ3) is 5.69. The number of anilines is 4. The molecule has 0 aliphatic carbocycles. The maximum absolute atomic E-state index is 12.7. The van der Waals surface area contributed by atoms with Crippen molar-refractivity contribution in [3.8, 4) is 11.5 Å². The minimum absolute atomic E-state index is 0.255. The lowest BCUT2D eigenvalue weighted by Gasteiger charge is -2.27. The monoisotopic (exact) mass is 449 g/mol. The molecule has 1 fully saturated rings. The summed E-state index contributed by atoms with van der Waals surface area (Å²) >= 11 is 0. The number of aromatic nitrogens is 2. The molecule has 33 heavy (non-hydrogen) atoms. The second-order valence-corrected chi connectivity index (χ2v) is 7.55. The van der Waals surface area contributed by atoms with E-state index in [1.54, 1.807) is 32.4 Å². The zero-order valence-corrected chi connectivity index (χ0v) is 18.9. The molecular formula is C24H27N5O4. The first-order valence-corrected chi connectivity index (χ1v) is 10.6. The van der Waals surface area contributed by atoms with Gasteiger partial charge >= 0.3 is 0 Å². The van der Waals surface area contributed by atoms with Crippen LogP contribution in [-0.4, -0.2) is 56.4 Å². The highest BCUT2D eigenvalue weighted by Crippen LogP contribution is 2.24. The number of morpholine rings is 1. The Morgan fingerprint density at radius 3 is 2.21 bits per heavy atom. The van der Waals surface area contributed by atoms with E-state index in [1.165, 1.54) is 0 Å². The summed E-state index contributed by atoms with van der Waals surface area (Å²) in [6, 6.07) is 14.4. The molecule has 0 spiro atoms. The molecule has 4 rings (SSSR count). The van der Waals surface area contributed by atoms with E-state index in [9.17, 15) is 4.79 Å². The average Bonchev–Trinajstić information content (AvgIpc) is 2.85. The van der Waals surface area contributed by atoms with Crippen LogP contribution < -0.4 is 25.0 Å². The Labute approximate surface area is 192 Å². The molecule has 1 aromatic heterocycles. The number of aryl methyl sites for hydroxylation is 1. The first-order valence-electron chi connectivity index (χ1n) is 10.6. The zero-order valence-electron chi connectivity index (χ0n) is 18.9. The number of rotatable bonds is 7. The van der Waals surface area contributed by atoms with Gasteiger partial charge in [-0.15, -0.1) is 0 Å².